The largest absolute Gasteiger partial charge is 0.335 e. The maximum Gasteiger partial charge on any atom is 0.226 e. The van der Waals surface area contributed by atoms with E-state index in [9.17, 15) is 4.79 Å². The lowest BCUT2D eigenvalue weighted by molar-refractivity contribution is -0.135. The number of nitrogens with zero attached hydrogens (tertiary/aromatic N) is 2. The molecule has 1 aliphatic heterocycles. The molecule has 3 heteroatoms. The molecule has 124 valence electrons. The predicted molar refractivity (Wildman–Crippen MR) is 94.6 cm³/mol. The van der Waals surface area contributed by atoms with Crippen LogP contribution in [0, 0.1) is 5.92 Å². The van der Waals surface area contributed by atoms with E-state index in [-0.39, 0.29) is 12.0 Å². The molecule has 1 saturated carbocycles. The summed E-state index contributed by atoms with van der Waals surface area (Å²) in [4.78, 5) is 19.5. The summed E-state index contributed by atoms with van der Waals surface area (Å²) in [7, 11) is 0. The maximum absolute atomic E-state index is 13.1. The van der Waals surface area contributed by atoms with Crippen molar-refractivity contribution in [2.24, 2.45) is 5.92 Å². The van der Waals surface area contributed by atoms with Gasteiger partial charge in [0.1, 0.15) is 0 Å². The molecule has 1 fully saturated rings. The molecular formula is C21H24N2O. The van der Waals surface area contributed by atoms with Crippen molar-refractivity contribution in [2.75, 3.05) is 6.54 Å². The van der Waals surface area contributed by atoms with Gasteiger partial charge in [-0.1, -0.05) is 43.7 Å². The number of pyridine rings is 1. The molecule has 0 radical (unpaired) electrons. The highest BCUT2D eigenvalue weighted by molar-refractivity contribution is 5.83. The fourth-order valence-electron chi connectivity index (χ4n) is 4.14. The molecule has 3 atom stereocenters. The van der Waals surface area contributed by atoms with E-state index in [1.54, 1.807) is 6.20 Å². The van der Waals surface area contributed by atoms with Crippen LogP contribution in [0.5, 0.6) is 0 Å². The third-order valence-corrected chi connectivity index (χ3v) is 5.48. The fourth-order valence-corrected chi connectivity index (χ4v) is 4.14. The van der Waals surface area contributed by atoms with Gasteiger partial charge in [0, 0.05) is 24.9 Å². The van der Waals surface area contributed by atoms with Gasteiger partial charge in [0.2, 0.25) is 5.91 Å². The van der Waals surface area contributed by atoms with Gasteiger partial charge in [0.25, 0.3) is 0 Å². The standard InChI is InChI=1S/C21H24N2O/c1-2-6-20-17-9-4-3-7-15(17)10-12-23(20)21(24)19-13-18(19)16-8-5-11-22-14-16/h3-5,7-9,11,14,18-20H,2,6,10,12-13H2,1H3/t18-,19+,20-/m1/s1. The van der Waals surface area contributed by atoms with Gasteiger partial charge < -0.3 is 4.90 Å². The predicted octanol–water partition coefficient (Wildman–Crippen LogP) is 4.11. The van der Waals surface area contributed by atoms with Crippen LogP contribution in [0.2, 0.25) is 0 Å². The van der Waals surface area contributed by atoms with Gasteiger partial charge >= 0.3 is 0 Å². The highest BCUT2D eigenvalue weighted by atomic mass is 16.2. The van der Waals surface area contributed by atoms with Gasteiger partial charge in [0.15, 0.2) is 0 Å². The summed E-state index contributed by atoms with van der Waals surface area (Å²) in [5, 5.41) is 0. The first-order valence-electron chi connectivity index (χ1n) is 9.07. The molecule has 2 heterocycles. The third kappa shape index (κ3) is 2.72. The van der Waals surface area contributed by atoms with Gasteiger partial charge in [-0.2, -0.15) is 0 Å². The lowest BCUT2D eigenvalue weighted by Gasteiger charge is -2.37. The molecule has 3 nitrogen and oxygen atoms in total. The zero-order valence-corrected chi connectivity index (χ0v) is 14.2. The first-order valence-corrected chi connectivity index (χ1v) is 9.07. The van der Waals surface area contributed by atoms with E-state index in [0.717, 1.165) is 32.2 Å². The van der Waals surface area contributed by atoms with Gasteiger partial charge in [-0.05, 0) is 47.9 Å². The van der Waals surface area contributed by atoms with Crippen LogP contribution in [-0.2, 0) is 11.2 Å². The molecule has 0 bridgehead atoms. The average molecular weight is 320 g/mol. The third-order valence-electron chi connectivity index (χ3n) is 5.48. The van der Waals surface area contributed by atoms with E-state index < -0.39 is 0 Å². The van der Waals surface area contributed by atoms with Crippen molar-refractivity contribution in [2.45, 2.75) is 44.6 Å². The summed E-state index contributed by atoms with van der Waals surface area (Å²) < 4.78 is 0. The van der Waals surface area contributed by atoms with Gasteiger partial charge in [-0.25, -0.2) is 0 Å². The molecular weight excluding hydrogens is 296 g/mol. The average Bonchev–Trinajstić information content (AvgIpc) is 3.43. The van der Waals surface area contributed by atoms with Gasteiger partial charge in [-0.15, -0.1) is 0 Å². The molecule has 1 aromatic heterocycles. The zero-order valence-electron chi connectivity index (χ0n) is 14.2. The Hall–Kier alpha value is -2.16. The monoisotopic (exact) mass is 320 g/mol. The van der Waals surface area contributed by atoms with Crippen LogP contribution in [-0.4, -0.2) is 22.3 Å². The molecule has 0 saturated heterocycles. The van der Waals surface area contributed by atoms with Crippen molar-refractivity contribution in [3.05, 3.63) is 65.5 Å². The molecule has 0 spiro atoms. The lowest BCUT2D eigenvalue weighted by Crippen LogP contribution is -2.41. The van der Waals surface area contributed by atoms with E-state index in [0.29, 0.717) is 11.8 Å². The Morgan fingerprint density at radius 1 is 1.25 bits per heavy atom. The summed E-state index contributed by atoms with van der Waals surface area (Å²) in [6.45, 7) is 3.06. The van der Waals surface area contributed by atoms with Crippen LogP contribution in [0.25, 0.3) is 0 Å². The molecule has 0 unspecified atom stereocenters. The number of benzene rings is 1. The second kappa shape index (κ2) is 6.39. The minimum absolute atomic E-state index is 0.152. The van der Waals surface area contributed by atoms with Crippen LogP contribution in [0.4, 0.5) is 0 Å². The van der Waals surface area contributed by atoms with Crippen molar-refractivity contribution >= 4 is 5.91 Å². The number of hydrogen-bond donors (Lipinski definition) is 0. The number of amides is 1. The number of carbonyl (C=O) groups is 1. The SMILES string of the molecule is CCC[C@@H]1c2ccccc2CCN1C(=O)[C@H]1C[C@@H]1c1cccnc1. The molecule has 1 amide bonds. The van der Waals surface area contributed by atoms with E-state index in [1.807, 2.05) is 12.3 Å². The highest BCUT2D eigenvalue weighted by Crippen LogP contribution is 2.49. The Balaban J connectivity index is 1.54. The van der Waals surface area contributed by atoms with Crippen LogP contribution in [0.1, 0.15) is 54.8 Å². The minimum atomic E-state index is 0.152. The van der Waals surface area contributed by atoms with Crippen LogP contribution >= 0.6 is 0 Å². The molecule has 2 aromatic rings. The molecule has 1 aliphatic carbocycles. The summed E-state index contributed by atoms with van der Waals surface area (Å²) in [6.07, 6.45) is 7.80. The van der Waals surface area contributed by atoms with E-state index in [4.69, 9.17) is 0 Å². The summed E-state index contributed by atoms with van der Waals surface area (Å²) >= 11 is 0. The Labute approximate surface area is 143 Å². The van der Waals surface area contributed by atoms with E-state index >= 15 is 0 Å². The molecule has 0 N–H and O–H groups in total. The first kappa shape index (κ1) is 15.4. The van der Waals surface area contributed by atoms with Crippen molar-refractivity contribution in [3.63, 3.8) is 0 Å². The Morgan fingerprint density at radius 2 is 2.12 bits per heavy atom. The maximum atomic E-state index is 13.1. The van der Waals surface area contributed by atoms with Gasteiger partial charge in [0.05, 0.1) is 6.04 Å². The smallest absolute Gasteiger partial charge is 0.226 e. The molecule has 4 rings (SSSR count). The van der Waals surface area contributed by atoms with Crippen LogP contribution in [0.15, 0.2) is 48.8 Å². The van der Waals surface area contributed by atoms with Crippen molar-refractivity contribution < 1.29 is 4.79 Å². The first-order chi connectivity index (χ1) is 11.8. The number of carbonyl (C=O) groups excluding carboxylic acids is 1. The van der Waals surface area contributed by atoms with E-state index in [1.165, 1.54) is 16.7 Å². The Bertz CT molecular complexity index is 728. The Morgan fingerprint density at radius 3 is 2.92 bits per heavy atom. The normalized spacial score (nSPS) is 25.2. The fraction of sp³-hybridized carbons (Fsp3) is 0.429. The van der Waals surface area contributed by atoms with E-state index in [2.05, 4.69) is 47.1 Å². The quantitative estimate of drug-likeness (QED) is 0.849. The van der Waals surface area contributed by atoms with Crippen LogP contribution in [0.3, 0.4) is 0 Å². The summed E-state index contributed by atoms with van der Waals surface area (Å²) in [5.74, 6) is 0.862. The Kier molecular flexibility index (Phi) is 4.09. The number of aromatic nitrogens is 1. The summed E-state index contributed by atoms with van der Waals surface area (Å²) in [5.41, 5.74) is 3.98. The topological polar surface area (TPSA) is 33.2 Å². The van der Waals surface area contributed by atoms with Crippen molar-refractivity contribution in [1.29, 1.82) is 0 Å². The molecule has 24 heavy (non-hydrogen) atoms. The summed E-state index contributed by atoms with van der Waals surface area (Å²) in [6, 6.07) is 13.0. The number of fused-ring (bicyclic) bond motifs is 1. The van der Waals surface area contributed by atoms with Crippen molar-refractivity contribution in [3.8, 4) is 0 Å². The second-order valence-corrected chi connectivity index (χ2v) is 7.02. The molecule has 1 aromatic carbocycles. The minimum Gasteiger partial charge on any atom is -0.335 e. The highest BCUT2D eigenvalue weighted by Gasteiger charge is 2.47. The number of hydrogen-bond acceptors (Lipinski definition) is 2. The molecule has 2 aliphatic rings. The zero-order chi connectivity index (χ0) is 16.5. The van der Waals surface area contributed by atoms with Crippen molar-refractivity contribution in [1.82, 2.24) is 9.88 Å². The lowest BCUT2D eigenvalue weighted by atomic mass is 9.89. The van der Waals surface area contributed by atoms with Crippen LogP contribution < -0.4 is 0 Å². The van der Waals surface area contributed by atoms with Gasteiger partial charge in [-0.3, -0.25) is 9.78 Å². The second-order valence-electron chi connectivity index (χ2n) is 7.02. The number of rotatable bonds is 4.